The zero-order chi connectivity index (χ0) is 16.9. The number of nitrogens with one attached hydrogen (secondary N) is 1. The Hall–Kier alpha value is -1.96. The lowest BCUT2D eigenvalue weighted by atomic mass is 10.0. The van der Waals surface area contributed by atoms with Crippen LogP contribution in [-0.2, 0) is 32.2 Å². The average Bonchev–Trinajstić information content (AvgIpc) is 3.20. The number of rotatable bonds is 6. The molecule has 2 aromatic heterocycles. The molecule has 8 heteroatoms. The van der Waals surface area contributed by atoms with Crippen LogP contribution in [0.2, 0.25) is 0 Å². The van der Waals surface area contributed by atoms with E-state index < -0.39 is 0 Å². The largest absolute Gasteiger partial charge is 0.423 e. The van der Waals surface area contributed by atoms with E-state index in [1.807, 2.05) is 6.92 Å². The van der Waals surface area contributed by atoms with Crippen LogP contribution in [0.25, 0.3) is 0 Å². The van der Waals surface area contributed by atoms with E-state index in [4.69, 9.17) is 9.40 Å². The molecule has 0 aliphatic heterocycles. The quantitative estimate of drug-likeness (QED) is 0.865. The van der Waals surface area contributed by atoms with Crippen LogP contribution in [0.15, 0.2) is 4.42 Å². The van der Waals surface area contributed by atoms with Crippen molar-refractivity contribution in [3.8, 4) is 0 Å². The van der Waals surface area contributed by atoms with Crippen LogP contribution in [0.4, 0.5) is 4.79 Å². The molecule has 1 aliphatic carbocycles. The lowest BCUT2D eigenvalue weighted by Gasteiger charge is -2.15. The maximum absolute atomic E-state index is 12.1. The van der Waals surface area contributed by atoms with Crippen molar-refractivity contribution in [2.45, 2.75) is 52.0 Å². The first-order chi connectivity index (χ1) is 11.7. The number of hydrogen-bond acceptors (Lipinski definition) is 6. The van der Waals surface area contributed by atoms with Gasteiger partial charge in [0.15, 0.2) is 0 Å². The van der Waals surface area contributed by atoms with Crippen molar-refractivity contribution in [2.24, 2.45) is 0 Å². The van der Waals surface area contributed by atoms with E-state index in [0.29, 0.717) is 31.3 Å². The Labute approximate surface area is 145 Å². The van der Waals surface area contributed by atoms with Crippen LogP contribution in [0.1, 0.15) is 47.1 Å². The summed E-state index contributed by atoms with van der Waals surface area (Å²) in [5, 5.41) is 11.9. The normalized spacial score (nSPS) is 13.6. The van der Waals surface area contributed by atoms with Gasteiger partial charge in [0.25, 0.3) is 0 Å². The number of thiazole rings is 1. The molecular weight excluding hydrogens is 326 g/mol. The molecule has 0 unspecified atom stereocenters. The summed E-state index contributed by atoms with van der Waals surface area (Å²) in [5.74, 6) is 1.05. The molecule has 24 heavy (non-hydrogen) atoms. The number of carbonyl (C=O) groups is 1. The smallest absolute Gasteiger partial charge is 0.317 e. The number of aryl methyl sites for hydroxylation is 3. The van der Waals surface area contributed by atoms with Crippen LogP contribution in [-0.4, -0.2) is 39.7 Å². The van der Waals surface area contributed by atoms with Gasteiger partial charge in [0.05, 0.1) is 10.7 Å². The first-order valence-electron chi connectivity index (χ1n) is 8.43. The number of fused-ring (bicyclic) bond motifs is 1. The molecule has 2 heterocycles. The maximum atomic E-state index is 12.1. The second kappa shape index (κ2) is 7.74. The standard InChI is InChI=1S/C16H23N5O2S/c1-3-13-19-20-14(23-13)10-21(2)16(22)17-9-8-15-18-11-6-4-5-7-12(11)24-15/h3-10H2,1-2H3,(H,17,22). The van der Waals surface area contributed by atoms with Crippen molar-refractivity contribution >= 4 is 17.4 Å². The van der Waals surface area contributed by atoms with Crippen LogP contribution >= 0.6 is 11.3 Å². The van der Waals surface area contributed by atoms with Crippen molar-refractivity contribution in [2.75, 3.05) is 13.6 Å². The molecule has 0 spiro atoms. The Bertz CT molecular complexity index is 673. The highest BCUT2D eigenvalue weighted by Crippen LogP contribution is 2.26. The minimum atomic E-state index is -0.146. The van der Waals surface area contributed by atoms with Gasteiger partial charge in [0.2, 0.25) is 11.8 Å². The lowest BCUT2D eigenvalue weighted by Crippen LogP contribution is -2.37. The van der Waals surface area contributed by atoms with E-state index in [-0.39, 0.29) is 6.03 Å². The topological polar surface area (TPSA) is 84.2 Å². The van der Waals surface area contributed by atoms with Gasteiger partial charge >= 0.3 is 6.03 Å². The molecule has 0 radical (unpaired) electrons. The average molecular weight is 349 g/mol. The molecule has 0 saturated carbocycles. The summed E-state index contributed by atoms with van der Waals surface area (Å²) in [6.45, 7) is 2.84. The summed E-state index contributed by atoms with van der Waals surface area (Å²) in [7, 11) is 1.72. The third-order valence-corrected chi connectivity index (χ3v) is 5.25. The van der Waals surface area contributed by atoms with Crippen LogP contribution < -0.4 is 5.32 Å². The SMILES string of the molecule is CCc1nnc(CN(C)C(=O)NCCc2nc3c(s2)CCCC3)o1. The molecule has 0 aromatic carbocycles. The number of urea groups is 1. The number of hydrogen-bond donors (Lipinski definition) is 1. The number of amides is 2. The Morgan fingerprint density at radius 3 is 2.83 bits per heavy atom. The molecule has 7 nitrogen and oxygen atoms in total. The van der Waals surface area contributed by atoms with Crippen molar-refractivity contribution < 1.29 is 9.21 Å². The van der Waals surface area contributed by atoms with Crippen LogP contribution in [0.5, 0.6) is 0 Å². The Morgan fingerprint density at radius 2 is 2.08 bits per heavy atom. The molecule has 130 valence electrons. The molecule has 1 N–H and O–H groups in total. The van der Waals surface area contributed by atoms with Gasteiger partial charge in [-0.3, -0.25) is 0 Å². The molecule has 1 aliphatic rings. The fourth-order valence-corrected chi connectivity index (χ4v) is 3.85. The van der Waals surface area contributed by atoms with E-state index in [1.165, 1.54) is 23.4 Å². The second-order valence-corrected chi connectivity index (χ2v) is 7.13. The maximum Gasteiger partial charge on any atom is 0.317 e. The summed E-state index contributed by atoms with van der Waals surface area (Å²) in [6.07, 6.45) is 6.24. The van der Waals surface area contributed by atoms with Gasteiger partial charge in [-0.25, -0.2) is 9.78 Å². The van der Waals surface area contributed by atoms with Gasteiger partial charge in [-0.05, 0) is 25.7 Å². The highest BCUT2D eigenvalue weighted by atomic mass is 32.1. The van der Waals surface area contributed by atoms with Crippen molar-refractivity contribution in [3.63, 3.8) is 0 Å². The zero-order valence-electron chi connectivity index (χ0n) is 14.2. The number of aromatic nitrogens is 3. The zero-order valence-corrected chi connectivity index (χ0v) is 15.0. The summed E-state index contributed by atoms with van der Waals surface area (Å²) >= 11 is 1.79. The molecule has 0 saturated heterocycles. The van der Waals surface area contributed by atoms with Gasteiger partial charge in [0.1, 0.15) is 6.54 Å². The molecule has 2 amide bonds. The predicted octanol–water partition coefficient (Wildman–Crippen LogP) is 2.35. The molecule has 0 fully saturated rings. The minimum Gasteiger partial charge on any atom is -0.423 e. The third-order valence-electron chi connectivity index (χ3n) is 4.04. The van der Waals surface area contributed by atoms with E-state index in [0.717, 1.165) is 24.3 Å². The minimum absolute atomic E-state index is 0.146. The summed E-state index contributed by atoms with van der Waals surface area (Å²) < 4.78 is 5.42. The molecule has 0 atom stereocenters. The van der Waals surface area contributed by atoms with Gasteiger partial charge in [-0.2, -0.15) is 0 Å². The van der Waals surface area contributed by atoms with Crippen LogP contribution in [0.3, 0.4) is 0 Å². The first kappa shape index (κ1) is 16.9. The monoisotopic (exact) mass is 349 g/mol. The molecular formula is C16H23N5O2S. The van der Waals surface area contributed by atoms with Gasteiger partial charge in [-0.15, -0.1) is 21.5 Å². The van der Waals surface area contributed by atoms with Crippen molar-refractivity contribution in [1.29, 1.82) is 0 Å². The van der Waals surface area contributed by atoms with E-state index >= 15 is 0 Å². The van der Waals surface area contributed by atoms with Crippen molar-refractivity contribution in [1.82, 2.24) is 25.4 Å². The van der Waals surface area contributed by atoms with E-state index in [1.54, 1.807) is 23.3 Å². The predicted molar refractivity (Wildman–Crippen MR) is 91.0 cm³/mol. The number of carbonyl (C=O) groups excluding carboxylic acids is 1. The summed E-state index contributed by atoms with van der Waals surface area (Å²) in [6, 6.07) is -0.146. The molecule has 2 aromatic rings. The Kier molecular flexibility index (Phi) is 5.44. The highest BCUT2D eigenvalue weighted by Gasteiger charge is 2.16. The van der Waals surface area contributed by atoms with Gasteiger partial charge in [0, 0.05) is 31.3 Å². The fraction of sp³-hybridized carbons (Fsp3) is 0.625. The lowest BCUT2D eigenvalue weighted by molar-refractivity contribution is 0.202. The summed E-state index contributed by atoms with van der Waals surface area (Å²) in [4.78, 5) is 19.8. The van der Waals surface area contributed by atoms with E-state index in [2.05, 4.69) is 15.5 Å². The Morgan fingerprint density at radius 1 is 1.29 bits per heavy atom. The summed E-state index contributed by atoms with van der Waals surface area (Å²) in [5.41, 5.74) is 1.27. The third kappa shape index (κ3) is 4.11. The highest BCUT2D eigenvalue weighted by molar-refractivity contribution is 7.11. The second-order valence-electron chi connectivity index (χ2n) is 5.97. The van der Waals surface area contributed by atoms with Gasteiger partial charge in [-0.1, -0.05) is 6.92 Å². The first-order valence-corrected chi connectivity index (χ1v) is 9.25. The molecule has 0 bridgehead atoms. The molecule has 3 rings (SSSR count). The van der Waals surface area contributed by atoms with E-state index in [9.17, 15) is 4.79 Å². The van der Waals surface area contributed by atoms with Gasteiger partial charge < -0.3 is 14.6 Å². The Balaban J connectivity index is 1.43. The number of nitrogens with zero attached hydrogens (tertiary/aromatic N) is 4. The fourth-order valence-electron chi connectivity index (χ4n) is 2.69. The van der Waals surface area contributed by atoms with Crippen LogP contribution in [0, 0.1) is 0 Å². The van der Waals surface area contributed by atoms with Crippen molar-refractivity contribution in [3.05, 3.63) is 27.4 Å².